The molecule has 2 aromatic heterocycles. The van der Waals surface area contributed by atoms with Crippen molar-refractivity contribution in [3.63, 3.8) is 0 Å². The fourth-order valence-corrected chi connectivity index (χ4v) is 3.40. The molecule has 3 rings (SSSR count). The molecule has 3 heterocycles. The van der Waals surface area contributed by atoms with E-state index in [4.69, 9.17) is 4.74 Å². The highest BCUT2D eigenvalue weighted by Gasteiger charge is 2.73. The number of ketones is 3. The number of H-pyrrole nitrogens is 1. The summed E-state index contributed by atoms with van der Waals surface area (Å²) in [4.78, 5) is 59.0. The number of hydrogen-bond donors (Lipinski definition) is 4. The predicted octanol–water partition coefficient (Wildman–Crippen LogP) is -2.39. The van der Waals surface area contributed by atoms with Gasteiger partial charge in [-0.2, -0.15) is 0 Å². The molecule has 0 radical (unpaired) electrons. The van der Waals surface area contributed by atoms with Gasteiger partial charge in [0.15, 0.2) is 46.4 Å². The van der Waals surface area contributed by atoms with Crippen LogP contribution in [0.5, 0.6) is 0 Å². The Bertz CT molecular complexity index is 1040. The summed E-state index contributed by atoms with van der Waals surface area (Å²) in [5.41, 5.74) is -6.81. The molecule has 0 spiro atoms. The Morgan fingerprint density at radius 3 is 2.36 bits per heavy atom. The van der Waals surface area contributed by atoms with Gasteiger partial charge in [-0.05, 0) is 20.8 Å². The summed E-state index contributed by atoms with van der Waals surface area (Å²) < 4.78 is 6.42. The van der Waals surface area contributed by atoms with Crippen LogP contribution in [0.1, 0.15) is 27.0 Å². The van der Waals surface area contributed by atoms with E-state index in [0.717, 1.165) is 38.0 Å². The van der Waals surface area contributed by atoms with Gasteiger partial charge >= 0.3 is 0 Å². The quantitative estimate of drug-likeness (QED) is 0.426. The second kappa shape index (κ2) is 6.38. The lowest BCUT2D eigenvalue weighted by molar-refractivity contribution is -0.182. The van der Waals surface area contributed by atoms with Gasteiger partial charge in [-0.15, -0.1) is 0 Å². The minimum Gasteiger partial charge on any atom is -0.386 e. The number of fused-ring (bicyclic) bond motifs is 1. The third-order valence-corrected chi connectivity index (χ3v) is 4.94. The van der Waals surface area contributed by atoms with Gasteiger partial charge in [0.1, 0.15) is 6.10 Å². The van der Waals surface area contributed by atoms with E-state index in [0.29, 0.717) is 0 Å². The minimum absolute atomic E-state index is 0.121. The maximum absolute atomic E-state index is 12.4. The van der Waals surface area contributed by atoms with Crippen LogP contribution in [-0.4, -0.2) is 75.6 Å². The lowest BCUT2D eigenvalue weighted by atomic mass is 9.73. The number of ether oxygens (including phenoxy) is 1. The first-order valence-electron chi connectivity index (χ1n) is 8.22. The van der Waals surface area contributed by atoms with Crippen molar-refractivity contribution in [2.24, 2.45) is 0 Å². The van der Waals surface area contributed by atoms with Crippen molar-refractivity contribution in [3.05, 3.63) is 23.0 Å². The monoisotopic (exact) mass is 394 g/mol. The van der Waals surface area contributed by atoms with Gasteiger partial charge in [0, 0.05) is 0 Å². The molecule has 28 heavy (non-hydrogen) atoms. The Morgan fingerprint density at radius 1 is 1.21 bits per heavy atom. The van der Waals surface area contributed by atoms with Crippen LogP contribution in [0, 0.1) is 0 Å². The first-order chi connectivity index (χ1) is 13.0. The van der Waals surface area contributed by atoms with E-state index in [2.05, 4.69) is 15.0 Å². The second-order valence-electron chi connectivity index (χ2n) is 6.65. The number of nitrogens with one attached hydrogen (secondary N) is 1. The number of imidazole rings is 1. The molecular formula is C16H18N4O8. The number of carbonyl (C=O) groups excluding carboxylic acids is 3. The van der Waals surface area contributed by atoms with Gasteiger partial charge < -0.3 is 25.0 Å². The SMILES string of the molecule is CC(=O)[C@@]1(O)[C@@H](C(=O)C(C)O)O[C@@H](n2cnc3c(=O)[nH]cnc32)[C@@]1(O)C(C)=O. The predicted molar refractivity (Wildman–Crippen MR) is 90.0 cm³/mol. The van der Waals surface area contributed by atoms with Crippen molar-refractivity contribution in [3.8, 4) is 0 Å². The fourth-order valence-electron chi connectivity index (χ4n) is 3.40. The van der Waals surface area contributed by atoms with Crippen LogP contribution in [0.25, 0.3) is 11.2 Å². The zero-order chi connectivity index (χ0) is 21.0. The summed E-state index contributed by atoms with van der Waals surface area (Å²) in [7, 11) is 0. The van der Waals surface area contributed by atoms with E-state index >= 15 is 0 Å². The number of aliphatic hydroxyl groups is 3. The van der Waals surface area contributed by atoms with Gasteiger partial charge in [-0.3, -0.25) is 23.7 Å². The van der Waals surface area contributed by atoms with Gasteiger partial charge in [0.25, 0.3) is 5.56 Å². The van der Waals surface area contributed by atoms with Crippen LogP contribution in [0.15, 0.2) is 17.4 Å². The van der Waals surface area contributed by atoms with E-state index < -0.39 is 52.5 Å². The van der Waals surface area contributed by atoms with Gasteiger partial charge in [0.05, 0.1) is 12.7 Å². The average Bonchev–Trinajstić information content (AvgIpc) is 3.14. The number of aliphatic hydroxyl groups excluding tert-OH is 1. The molecule has 5 atom stereocenters. The summed E-state index contributed by atoms with van der Waals surface area (Å²) in [6.07, 6.45) is -3.48. The first-order valence-corrected chi connectivity index (χ1v) is 8.22. The number of carbonyl (C=O) groups is 3. The molecule has 12 heteroatoms. The molecule has 150 valence electrons. The molecule has 0 amide bonds. The fraction of sp³-hybridized carbons (Fsp3) is 0.500. The van der Waals surface area contributed by atoms with Crippen LogP contribution >= 0.6 is 0 Å². The zero-order valence-electron chi connectivity index (χ0n) is 15.1. The highest BCUT2D eigenvalue weighted by molar-refractivity contribution is 6.04. The average molecular weight is 394 g/mol. The van der Waals surface area contributed by atoms with Gasteiger partial charge in [0.2, 0.25) is 5.60 Å². The normalized spacial score (nSPS) is 31.1. The molecular weight excluding hydrogens is 376 g/mol. The molecule has 12 nitrogen and oxygen atoms in total. The van der Waals surface area contributed by atoms with E-state index in [9.17, 15) is 34.5 Å². The molecule has 0 aliphatic carbocycles. The molecule has 1 saturated heterocycles. The summed E-state index contributed by atoms with van der Waals surface area (Å²) in [6.45, 7) is 2.86. The molecule has 1 aliphatic rings. The lowest BCUT2D eigenvalue weighted by Gasteiger charge is -2.36. The summed E-state index contributed by atoms with van der Waals surface area (Å²) in [5.74, 6) is -3.32. The molecule has 0 bridgehead atoms. The standard InChI is InChI=1S/C16H18N4O8/c1-6(21)10(24)11-15(26,7(2)22)16(27,8(3)23)14(28-11)20-5-19-9-12(20)17-4-18-13(9)25/h4-6,11,14,21,26-27H,1-3H3,(H,17,18,25)/t6?,11-,14-,15-,16+/m1/s1. The number of aromatic amines is 1. The minimum atomic E-state index is -2.99. The number of hydrogen-bond acceptors (Lipinski definition) is 10. The third kappa shape index (κ3) is 2.39. The third-order valence-electron chi connectivity index (χ3n) is 4.94. The Hall–Kier alpha value is -2.80. The molecule has 1 unspecified atom stereocenters. The van der Waals surface area contributed by atoms with Gasteiger partial charge in [-0.1, -0.05) is 0 Å². The molecule has 0 saturated carbocycles. The second-order valence-corrected chi connectivity index (χ2v) is 6.65. The topological polar surface area (TPSA) is 185 Å². The summed E-state index contributed by atoms with van der Waals surface area (Å²) in [6, 6.07) is 0. The van der Waals surface area contributed by atoms with E-state index in [-0.39, 0.29) is 11.2 Å². The van der Waals surface area contributed by atoms with E-state index in [1.54, 1.807) is 0 Å². The van der Waals surface area contributed by atoms with Crippen LogP contribution in [0.3, 0.4) is 0 Å². The van der Waals surface area contributed by atoms with Crippen LogP contribution < -0.4 is 5.56 Å². The van der Waals surface area contributed by atoms with Crippen molar-refractivity contribution >= 4 is 28.5 Å². The van der Waals surface area contributed by atoms with E-state index in [1.807, 2.05) is 0 Å². The highest BCUT2D eigenvalue weighted by Crippen LogP contribution is 2.48. The van der Waals surface area contributed by atoms with Crippen molar-refractivity contribution in [2.45, 2.75) is 50.4 Å². The maximum Gasteiger partial charge on any atom is 0.278 e. The lowest BCUT2D eigenvalue weighted by Crippen LogP contribution is -2.67. The van der Waals surface area contributed by atoms with Crippen LogP contribution in [-0.2, 0) is 19.1 Å². The number of rotatable bonds is 5. The largest absolute Gasteiger partial charge is 0.386 e. The Balaban J connectivity index is 2.30. The van der Waals surface area contributed by atoms with Crippen molar-refractivity contribution in [1.29, 1.82) is 0 Å². The van der Waals surface area contributed by atoms with Crippen molar-refractivity contribution < 1.29 is 34.4 Å². The summed E-state index contributed by atoms with van der Waals surface area (Å²) in [5, 5.41) is 31.8. The number of nitrogens with zero attached hydrogens (tertiary/aromatic N) is 3. The first kappa shape index (κ1) is 19.9. The molecule has 4 N–H and O–H groups in total. The molecule has 2 aromatic rings. The number of aromatic nitrogens is 4. The smallest absolute Gasteiger partial charge is 0.278 e. The Kier molecular flexibility index (Phi) is 4.54. The van der Waals surface area contributed by atoms with E-state index in [1.165, 1.54) is 0 Å². The van der Waals surface area contributed by atoms with Crippen molar-refractivity contribution in [1.82, 2.24) is 19.5 Å². The van der Waals surface area contributed by atoms with Crippen LogP contribution in [0.4, 0.5) is 0 Å². The zero-order valence-corrected chi connectivity index (χ0v) is 15.1. The van der Waals surface area contributed by atoms with Crippen LogP contribution in [0.2, 0.25) is 0 Å². The number of Topliss-reactive ketones (excluding diaryl/α,β-unsaturated/α-hetero) is 3. The molecule has 0 aromatic carbocycles. The Morgan fingerprint density at radius 2 is 1.82 bits per heavy atom. The Labute approximate surface area is 156 Å². The maximum atomic E-state index is 12.4. The molecule has 1 aliphatic heterocycles. The summed E-state index contributed by atoms with van der Waals surface area (Å²) >= 11 is 0. The van der Waals surface area contributed by atoms with Gasteiger partial charge in [-0.25, -0.2) is 9.97 Å². The molecule has 1 fully saturated rings. The van der Waals surface area contributed by atoms with Crippen molar-refractivity contribution in [2.75, 3.05) is 0 Å². The highest BCUT2D eigenvalue weighted by atomic mass is 16.6.